The smallest absolute Gasteiger partial charge is 0.119 e. The van der Waals surface area contributed by atoms with Gasteiger partial charge < -0.3 is 10.5 Å². The molecule has 0 radical (unpaired) electrons. The van der Waals surface area contributed by atoms with Crippen molar-refractivity contribution >= 4 is 0 Å². The van der Waals surface area contributed by atoms with Crippen LogP contribution in [0.25, 0.3) is 0 Å². The highest BCUT2D eigenvalue weighted by Crippen LogP contribution is 2.29. The topological polar surface area (TPSA) is 35.2 Å². The lowest BCUT2D eigenvalue weighted by molar-refractivity contribution is 0.299. The van der Waals surface area contributed by atoms with Gasteiger partial charge in [0.25, 0.3) is 0 Å². The Morgan fingerprint density at radius 2 is 2.29 bits per heavy atom. The van der Waals surface area contributed by atoms with E-state index in [4.69, 9.17) is 10.5 Å². The van der Waals surface area contributed by atoms with Crippen LogP contribution in [0.2, 0.25) is 0 Å². The molecular weight excluding hydrogens is 174 g/mol. The molecule has 2 rings (SSSR count). The van der Waals surface area contributed by atoms with Crippen molar-refractivity contribution < 1.29 is 4.74 Å². The minimum absolute atomic E-state index is 0.0828. The van der Waals surface area contributed by atoms with Crippen LogP contribution >= 0.6 is 0 Å². The van der Waals surface area contributed by atoms with Crippen molar-refractivity contribution in [2.24, 2.45) is 11.7 Å². The zero-order chi connectivity index (χ0) is 9.97. The van der Waals surface area contributed by atoms with Crippen molar-refractivity contribution in [3.05, 3.63) is 29.8 Å². The van der Waals surface area contributed by atoms with Gasteiger partial charge in [-0.25, -0.2) is 0 Å². The fourth-order valence-corrected chi connectivity index (χ4v) is 1.39. The van der Waals surface area contributed by atoms with Gasteiger partial charge in [0.1, 0.15) is 5.75 Å². The van der Waals surface area contributed by atoms with E-state index in [1.54, 1.807) is 0 Å². The van der Waals surface area contributed by atoms with Gasteiger partial charge >= 0.3 is 0 Å². The summed E-state index contributed by atoms with van der Waals surface area (Å²) in [6.45, 7) is 2.85. The summed E-state index contributed by atoms with van der Waals surface area (Å²) in [4.78, 5) is 0. The monoisotopic (exact) mass is 191 g/mol. The molecule has 1 atom stereocenters. The third-order valence-electron chi connectivity index (χ3n) is 2.57. The molecule has 14 heavy (non-hydrogen) atoms. The van der Waals surface area contributed by atoms with E-state index >= 15 is 0 Å². The average Bonchev–Trinajstić information content (AvgIpc) is 2.99. The Morgan fingerprint density at radius 3 is 2.93 bits per heavy atom. The van der Waals surface area contributed by atoms with Gasteiger partial charge in [-0.1, -0.05) is 12.1 Å². The van der Waals surface area contributed by atoms with E-state index in [1.807, 2.05) is 31.2 Å². The quantitative estimate of drug-likeness (QED) is 0.793. The molecule has 1 aliphatic carbocycles. The SMILES string of the molecule is CC(N)c1cccc(OCC2CC2)c1. The van der Waals surface area contributed by atoms with Gasteiger partial charge in [0.05, 0.1) is 6.61 Å². The first-order valence-corrected chi connectivity index (χ1v) is 5.24. The van der Waals surface area contributed by atoms with E-state index in [1.165, 1.54) is 12.8 Å². The van der Waals surface area contributed by atoms with Crippen molar-refractivity contribution in [3.63, 3.8) is 0 Å². The van der Waals surface area contributed by atoms with Crippen LogP contribution in [-0.4, -0.2) is 6.61 Å². The van der Waals surface area contributed by atoms with Gasteiger partial charge in [0.15, 0.2) is 0 Å². The second-order valence-corrected chi connectivity index (χ2v) is 4.12. The Hall–Kier alpha value is -1.02. The van der Waals surface area contributed by atoms with Crippen LogP contribution in [0.15, 0.2) is 24.3 Å². The fraction of sp³-hybridized carbons (Fsp3) is 0.500. The largest absolute Gasteiger partial charge is 0.493 e. The molecule has 0 aliphatic heterocycles. The summed E-state index contributed by atoms with van der Waals surface area (Å²) < 4.78 is 5.67. The maximum absolute atomic E-state index is 5.80. The molecule has 0 saturated heterocycles. The van der Waals surface area contributed by atoms with Crippen molar-refractivity contribution in [2.75, 3.05) is 6.61 Å². The molecule has 2 heteroatoms. The van der Waals surface area contributed by atoms with E-state index in [-0.39, 0.29) is 6.04 Å². The molecule has 2 nitrogen and oxygen atoms in total. The van der Waals surface area contributed by atoms with Crippen molar-refractivity contribution in [3.8, 4) is 5.75 Å². The van der Waals surface area contributed by atoms with Crippen LogP contribution in [0.5, 0.6) is 5.75 Å². The minimum Gasteiger partial charge on any atom is -0.493 e. The maximum atomic E-state index is 5.80. The number of ether oxygens (including phenoxy) is 1. The predicted molar refractivity (Wildman–Crippen MR) is 57.3 cm³/mol. The second kappa shape index (κ2) is 4.01. The van der Waals surface area contributed by atoms with Gasteiger partial charge in [-0.15, -0.1) is 0 Å². The van der Waals surface area contributed by atoms with Crippen molar-refractivity contribution in [2.45, 2.75) is 25.8 Å². The average molecular weight is 191 g/mol. The van der Waals surface area contributed by atoms with Crippen molar-refractivity contribution in [1.29, 1.82) is 0 Å². The first-order valence-electron chi connectivity index (χ1n) is 5.24. The van der Waals surface area contributed by atoms with E-state index < -0.39 is 0 Å². The number of hydrogen-bond donors (Lipinski definition) is 1. The first-order chi connectivity index (χ1) is 6.75. The molecule has 1 aliphatic rings. The van der Waals surface area contributed by atoms with Crippen LogP contribution in [0.4, 0.5) is 0 Å². The summed E-state index contributed by atoms with van der Waals surface area (Å²) in [6.07, 6.45) is 2.65. The molecule has 76 valence electrons. The minimum atomic E-state index is 0.0828. The lowest BCUT2D eigenvalue weighted by atomic mass is 10.1. The molecule has 0 aromatic heterocycles. The van der Waals surface area contributed by atoms with Crippen LogP contribution in [0, 0.1) is 5.92 Å². The van der Waals surface area contributed by atoms with Gasteiger partial charge in [-0.2, -0.15) is 0 Å². The fourth-order valence-electron chi connectivity index (χ4n) is 1.39. The van der Waals surface area contributed by atoms with Crippen LogP contribution < -0.4 is 10.5 Å². The first kappa shape index (κ1) is 9.53. The summed E-state index contributed by atoms with van der Waals surface area (Å²) in [5, 5.41) is 0. The number of rotatable bonds is 4. The molecule has 1 aromatic carbocycles. The Labute approximate surface area is 85.1 Å². The summed E-state index contributed by atoms with van der Waals surface area (Å²) in [7, 11) is 0. The molecule has 1 aromatic rings. The molecule has 0 spiro atoms. The van der Waals surface area contributed by atoms with Crippen molar-refractivity contribution in [1.82, 2.24) is 0 Å². The van der Waals surface area contributed by atoms with E-state index in [0.29, 0.717) is 0 Å². The van der Waals surface area contributed by atoms with E-state index in [9.17, 15) is 0 Å². The van der Waals surface area contributed by atoms with Crippen LogP contribution in [0.3, 0.4) is 0 Å². The van der Waals surface area contributed by atoms with Crippen LogP contribution in [0.1, 0.15) is 31.4 Å². The van der Waals surface area contributed by atoms with Gasteiger partial charge in [-0.05, 0) is 43.4 Å². The second-order valence-electron chi connectivity index (χ2n) is 4.12. The van der Waals surface area contributed by atoms with E-state index in [0.717, 1.165) is 23.8 Å². The Balaban J connectivity index is 1.97. The zero-order valence-corrected chi connectivity index (χ0v) is 8.57. The predicted octanol–water partition coefficient (Wildman–Crippen LogP) is 2.50. The van der Waals surface area contributed by atoms with Crippen LogP contribution in [-0.2, 0) is 0 Å². The number of benzene rings is 1. The summed E-state index contributed by atoms with van der Waals surface area (Å²) in [5.41, 5.74) is 6.93. The standard InChI is InChI=1S/C12H17NO/c1-9(13)11-3-2-4-12(7-11)14-8-10-5-6-10/h2-4,7,9-10H,5-6,8,13H2,1H3. The van der Waals surface area contributed by atoms with Gasteiger partial charge in [0.2, 0.25) is 0 Å². The summed E-state index contributed by atoms with van der Waals surface area (Å²) in [6, 6.07) is 8.15. The Bertz CT molecular complexity index is 305. The highest BCUT2D eigenvalue weighted by Gasteiger charge is 2.21. The molecule has 0 amide bonds. The summed E-state index contributed by atoms with van der Waals surface area (Å²) in [5.74, 6) is 1.75. The third kappa shape index (κ3) is 2.48. The highest BCUT2D eigenvalue weighted by molar-refractivity contribution is 5.30. The summed E-state index contributed by atoms with van der Waals surface area (Å²) >= 11 is 0. The highest BCUT2D eigenvalue weighted by atomic mass is 16.5. The number of hydrogen-bond acceptors (Lipinski definition) is 2. The lowest BCUT2D eigenvalue weighted by Gasteiger charge is -2.09. The molecule has 2 N–H and O–H groups in total. The molecule has 1 fully saturated rings. The van der Waals surface area contributed by atoms with E-state index in [2.05, 4.69) is 0 Å². The van der Waals surface area contributed by atoms with Gasteiger partial charge in [-0.3, -0.25) is 0 Å². The Kier molecular flexibility index (Phi) is 2.73. The number of nitrogens with two attached hydrogens (primary N) is 1. The molecular formula is C12H17NO. The molecule has 1 saturated carbocycles. The van der Waals surface area contributed by atoms with Gasteiger partial charge in [0, 0.05) is 6.04 Å². The third-order valence-corrected chi connectivity index (χ3v) is 2.57. The zero-order valence-electron chi connectivity index (χ0n) is 8.57. The Morgan fingerprint density at radius 1 is 1.50 bits per heavy atom. The molecule has 0 heterocycles. The normalized spacial score (nSPS) is 17.9. The molecule has 1 unspecified atom stereocenters. The molecule has 0 bridgehead atoms. The lowest BCUT2D eigenvalue weighted by Crippen LogP contribution is -2.05. The maximum Gasteiger partial charge on any atom is 0.119 e.